The lowest BCUT2D eigenvalue weighted by Gasteiger charge is -2.37. The van der Waals surface area contributed by atoms with Gasteiger partial charge in [0, 0.05) is 13.2 Å². The highest BCUT2D eigenvalue weighted by Gasteiger charge is 2.41. The smallest absolute Gasteiger partial charge is 0.307 e. The molecule has 1 heterocycles. The lowest BCUT2D eigenvalue weighted by molar-refractivity contribution is -0.147. The molecular weight excluding hydrogens is 250 g/mol. The van der Waals surface area contributed by atoms with Crippen LogP contribution in [0.4, 0.5) is 0 Å². The minimum atomic E-state index is -0.900. The van der Waals surface area contributed by atoms with E-state index in [9.17, 15) is 14.7 Å². The van der Waals surface area contributed by atoms with Crippen molar-refractivity contribution in [3.05, 3.63) is 0 Å². The van der Waals surface area contributed by atoms with Crippen molar-refractivity contribution in [3.63, 3.8) is 0 Å². The van der Waals surface area contributed by atoms with Crippen molar-refractivity contribution in [3.8, 4) is 0 Å². The molecule has 0 bridgehead atoms. The third-order valence-electron chi connectivity index (χ3n) is 4.31. The van der Waals surface area contributed by atoms with Crippen LogP contribution in [0.1, 0.15) is 32.1 Å². The first-order chi connectivity index (χ1) is 9.08. The third-order valence-corrected chi connectivity index (χ3v) is 4.31. The van der Waals surface area contributed by atoms with Crippen molar-refractivity contribution in [2.45, 2.75) is 37.6 Å². The minimum Gasteiger partial charge on any atom is -0.481 e. The standard InChI is InChI=1S/C13H21NO5/c15-8-13(4-6-19-7-5-13)14-11(16)9-2-1-3-10(9)12(17)18/h9-10,15H,1-8H2,(H,14,16)(H,17,18). The molecule has 1 aliphatic heterocycles. The van der Waals surface area contributed by atoms with Gasteiger partial charge in [-0.1, -0.05) is 6.42 Å². The molecule has 2 aliphatic rings. The predicted molar refractivity (Wildman–Crippen MR) is 66.5 cm³/mol. The second-order valence-corrected chi connectivity index (χ2v) is 5.52. The van der Waals surface area contributed by atoms with E-state index in [1.807, 2.05) is 0 Å². The van der Waals surface area contributed by atoms with Gasteiger partial charge in [-0.3, -0.25) is 9.59 Å². The summed E-state index contributed by atoms with van der Waals surface area (Å²) in [5.74, 6) is -2.19. The van der Waals surface area contributed by atoms with Crippen molar-refractivity contribution >= 4 is 11.9 Å². The highest BCUT2D eigenvalue weighted by Crippen LogP contribution is 2.33. The van der Waals surface area contributed by atoms with Gasteiger partial charge in [0.1, 0.15) is 0 Å². The van der Waals surface area contributed by atoms with Gasteiger partial charge in [-0.05, 0) is 25.7 Å². The van der Waals surface area contributed by atoms with Crippen molar-refractivity contribution < 1.29 is 24.5 Å². The molecule has 2 atom stereocenters. The second kappa shape index (κ2) is 5.88. The number of carbonyl (C=O) groups excluding carboxylic acids is 1. The van der Waals surface area contributed by atoms with E-state index in [1.165, 1.54) is 0 Å². The molecule has 0 radical (unpaired) electrons. The van der Waals surface area contributed by atoms with E-state index in [0.717, 1.165) is 6.42 Å². The van der Waals surface area contributed by atoms with Crippen LogP contribution in [0.3, 0.4) is 0 Å². The number of aliphatic carboxylic acids is 1. The maximum absolute atomic E-state index is 12.3. The molecule has 1 saturated carbocycles. The number of aliphatic hydroxyl groups is 1. The van der Waals surface area contributed by atoms with E-state index in [4.69, 9.17) is 9.84 Å². The van der Waals surface area contributed by atoms with E-state index in [0.29, 0.717) is 38.9 Å². The molecule has 1 aliphatic carbocycles. The number of ether oxygens (including phenoxy) is 1. The summed E-state index contributed by atoms with van der Waals surface area (Å²) in [6, 6.07) is 0. The number of nitrogens with one attached hydrogen (secondary N) is 1. The molecule has 2 unspecified atom stereocenters. The largest absolute Gasteiger partial charge is 0.481 e. The summed E-state index contributed by atoms with van der Waals surface area (Å²) >= 11 is 0. The number of carboxylic acid groups (broad SMARTS) is 1. The number of aliphatic hydroxyl groups excluding tert-OH is 1. The number of amides is 1. The Morgan fingerprint density at radius 3 is 2.42 bits per heavy atom. The highest BCUT2D eigenvalue weighted by molar-refractivity contribution is 5.85. The molecule has 2 rings (SSSR count). The van der Waals surface area contributed by atoms with Crippen LogP contribution in [0.15, 0.2) is 0 Å². The topological polar surface area (TPSA) is 95.9 Å². The first kappa shape index (κ1) is 14.3. The van der Waals surface area contributed by atoms with Gasteiger partial charge in [0.25, 0.3) is 0 Å². The van der Waals surface area contributed by atoms with Gasteiger partial charge in [-0.2, -0.15) is 0 Å². The zero-order chi connectivity index (χ0) is 13.9. The number of rotatable bonds is 4. The fourth-order valence-corrected chi connectivity index (χ4v) is 3.01. The Hall–Kier alpha value is -1.14. The first-order valence-electron chi connectivity index (χ1n) is 6.81. The Bertz CT molecular complexity index is 351. The number of carboxylic acids is 1. The summed E-state index contributed by atoms with van der Waals surface area (Å²) in [5.41, 5.74) is -0.638. The molecule has 6 heteroatoms. The van der Waals surface area contributed by atoms with Gasteiger partial charge in [-0.25, -0.2) is 0 Å². The van der Waals surface area contributed by atoms with Crippen molar-refractivity contribution in [1.82, 2.24) is 5.32 Å². The quantitative estimate of drug-likeness (QED) is 0.676. The number of carbonyl (C=O) groups is 2. The van der Waals surface area contributed by atoms with Crippen LogP contribution in [0, 0.1) is 11.8 Å². The van der Waals surface area contributed by atoms with Gasteiger partial charge in [-0.15, -0.1) is 0 Å². The molecule has 0 spiro atoms. The third kappa shape index (κ3) is 3.06. The van der Waals surface area contributed by atoms with Crippen LogP contribution < -0.4 is 5.32 Å². The molecule has 0 aromatic heterocycles. The highest BCUT2D eigenvalue weighted by atomic mass is 16.5. The van der Waals surface area contributed by atoms with Gasteiger partial charge < -0.3 is 20.3 Å². The maximum Gasteiger partial charge on any atom is 0.307 e. The molecule has 2 fully saturated rings. The summed E-state index contributed by atoms with van der Waals surface area (Å²) in [7, 11) is 0. The summed E-state index contributed by atoms with van der Waals surface area (Å²) < 4.78 is 5.24. The molecular formula is C13H21NO5. The molecule has 0 aromatic carbocycles. The van der Waals surface area contributed by atoms with Crippen LogP contribution in [0.5, 0.6) is 0 Å². The van der Waals surface area contributed by atoms with Crippen LogP contribution >= 0.6 is 0 Å². The van der Waals surface area contributed by atoms with Crippen molar-refractivity contribution in [1.29, 1.82) is 0 Å². The summed E-state index contributed by atoms with van der Waals surface area (Å²) in [5, 5.41) is 21.5. The molecule has 3 N–H and O–H groups in total. The van der Waals surface area contributed by atoms with Gasteiger partial charge >= 0.3 is 5.97 Å². The Morgan fingerprint density at radius 1 is 1.21 bits per heavy atom. The van der Waals surface area contributed by atoms with E-state index in [-0.39, 0.29) is 12.5 Å². The lowest BCUT2D eigenvalue weighted by atomic mass is 9.88. The van der Waals surface area contributed by atoms with Crippen LogP contribution in [0.25, 0.3) is 0 Å². The summed E-state index contributed by atoms with van der Waals surface area (Å²) in [6.45, 7) is 0.883. The predicted octanol–water partition coefficient (Wildman–Crippen LogP) is 0.145. The first-order valence-corrected chi connectivity index (χ1v) is 6.81. The zero-order valence-corrected chi connectivity index (χ0v) is 10.9. The SMILES string of the molecule is O=C(O)C1CCCC1C(=O)NC1(CO)CCOCC1. The molecule has 6 nitrogen and oxygen atoms in total. The molecule has 1 amide bonds. The Labute approximate surface area is 112 Å². The molecule has 19 heavy (non-hydrogen) atoms. The van der Waals surface area contributed by atoms with Crippen LogP contribution in [0.2, 0.25) is 0 Å². The fourth-order valence-electron chi connectivity index (χ4n) is 3.01. The van der Waals surface area contributed by atoms with Gasteiger partial charge in [0.2, 0.25) is 5.91 Å². The van der Waals surface area contributed by atoms with E-state index < -0.39 is 23.3 Å². The van der Waals surface area contributed by atoms with E-state index in [2.05, 4.69) is 5.32 Å². The average molecular weight is 271 g/mol. The minimum absolute atomic E-state index is 0.132. The monoisotopic (exact) mass is 271 g/mol. The fraction of sp³-hybridized carbons (Fsp3) is 0.846. The molecule has 108 valence electrons. The average Bonchev–Trinajstić information content (AvgIpc) is 2.89. The zero-order valence-electron chi connectivity index (χ0n) is 10.9. The van der Waals surface area contributed by atoms with Crippen LogP contribution in [-0.2, 0) is 14.3 Å². The van der Waals surface area contributed by atoms with Gasteiger partial charge in [0.05, 0.1) is 24.0 Å². The van der Waals surface area contributed by atoms with Crippen LogP contribution in [-0.4, -0.2) is 47.4 Å². The van der Waals surface area contributed by atoms with Gasteiger partial charge in [0.15, 0.2) is 0 Å². The van der Waals surface area contributed by atoms with Crippen molar-refractivity contribution in [2.75, 3.05) is 19.8 Å². The Balaban J connectivity index is 2.01. The molecule has 1 saturated heterocycles. The van der Waals surface area contributed by atoms with E-state index in [1.54, 1.807) is 0 Å². The number of hydrogen-bond donors (Lipinski definition) is 3. The summed E-state index contributed by atoms with van der Waals surface area (Å²) in [6.07, 6.45) is 3.08. The van der Waals surface area contributed by atoms with Crippen molar-refractivity contribution in [2.24, 2.45) is 11.8 Å². The normalized spacial score (nSPS) is 29.9. The lowest BCUT2D eigenvalue weighted by Crippen LogP contribution is -2.56. The summed E-state index contributed by atoms with van der Waals surface area (Å²) in [4.78, 5) is 23.4. The number of hydrogen-bond acceptors (Lipinski definition) is 4. The maximum atomic E-state index is 12.3. The second-order valence-electron chi connectivity index (χ2n) is 5.52. The van der Waals surface area contributed by atoms with E-state index >= 15 is 0 Å². The Kier molecular flexibility index (Phi) is 4.42. The molecule has 0 aromatic rings. The Morgan fingerprint density at radius 2 is 1.84 bits per heavy atom.